The van der Waals surface area contributed by atoms with Crippen molar-refractivity contribution in [3.05, 3.63) is 60.2 Å². The van der Waals surface area contributed by atoms with Crippen LogP contribution < -0.4 is 0 Å². The monoisotopic (exact) mass is 360 g/mol. The van der Waals surface area contributed by atoms with E-state index >= 15 is 0 Å². The summed E-state index contributed by atoms with van der Waals surface area (Å²) in [4.78, 5) is 11.6. The van der Waals surface area contributed by atoms with Gasteiger partial charge in [-0.1, -0.05) is 42.5 Å². The van der Waals surface area contributed by atoms with Gasteiger partial charge in [0.2, 0.25) is 0 Å². The lowest BCUT2D eigenvalue weighted by molar-refractivity contribution is -0.138. The highest BCUT2D eigenvalue weighted by molar-refractivity contribution is 7.54. The van der Waals surface area contributed by atoms with Crippen molar-refractivity contribution in [2.45, 2.75) is 25.6 Å². The molecule has 0 saturated carbocycles. The molecule has 3 rings (SSSR count). The molecule has 25 heavy (non-hydrogen) atoms. The Morgan fingerprint density at radius 2 is 1.76 bits per heavy atom. The van der Waals surface area contributed by atoms with Gasteiger partial charge in [-0.15, -0.1) is 0 Å². The largest absolute Gasteiger partial charge is 0.454 e. The second kappa shape index (κ2) is 7.52. The zero-order valence-electron chi connectivity index (χ0n) is 14.3. The van der Waals surface area contributed by atoms with Crippen molar-refractivity contribution in [1.82, 2.24) is 0 Å². The summed E-state index contributed by atoms with van der Waals surface area (Å²) in [5.74, 6) is -0.449. The average Bonchev–Trinajstić information content (AvgIpc) is 3.01. The first kappa shape index (κ1) is 17.9. The van der Waals surface area contributed by atoms with E-state index in [4.69, 9.17) is 13.8 Å². The van der Waals surface area contributed by atoms with Crippen molar-refractivity contribution in [2.75, 3.05) is 13.2 Å². The minimum atomic E-state index is -3.53. The van der Waals surface area contributed by atoms with Gasteiger partial charge in [0.05, 0.1) is 13.2 Å². The Labute approximate surface area is 147 Å². The number of ether oxygens (including phenoxy) is 1. The summed E-state index contributed by atoms with van der Waals surface area (Å²) in [5, 5.41) is 2.09. The predicted molar refractivity (Wildman–Crippen MR) is 96.6 cm³/mol. The first-order valence-electron chi connectivity index (χ1n) is 8.33. The highest BCUT2D eigenvalue weighted by Gasteiger charge is 2.44. The molecule has 1 aliphatic rings. The summed E-state index contributed by atoms with van der Waals surface area (Å²) in [6.45, 7) is 4.01. The second-order valence-corrected chi connectivity index (χ2v) is 7.84. The summed E-state index contributed by atoms with van der Waals surface area (Å²) >= 11 is 0. The van der Waals surface area contributed by atoms with Crippen LogP contribution in [-0.2, 0) is 23.1 Å². The molecule has 0 spiro atoms. The number of cyclic esters (lactones) is 1. The molecule has 2 aromatic carbocycles. The van der Waals surface area contributed by atoms with Crippen LogP contribution in [0.15, 0.2) is 54.6 Å². The molecular formula is C19H21O5P. The average molecular weight is 360 g/mol. The summed E-state index contributed by atoms with van der Waals surface area (Å²) in [7, 11) is -3.53. The summed E-state index contributed by atoms with van der Waals surface area (Å²) in [6, 6.07) is 13.7. The van der Waals surface area contributed by atoms with Gasteiger partial charge in [0, 0.05) is 6.08 Å². The first-order valence-corrected chi connectivity index (χ1v) is 9.95. The van der Waals surface area contributed by atoms with Crippen LogP contribution in [0.1, 0.15) is 25.1 Å². The molecule has 0 aliphatic carbocycles. The molecule has 2 atom stereocenters. The Balaban J connectivity index is 2.10. The Morgan fingerprint density at radius 3 is 2.36 bits per heavy atom. The van der Waals surface area contributed by atoms with Gasteiger partial charge < -0.3 is 13.8 Å². The highest BCUT2D eigenvalue weighted by atomic mass is 31.2. The van der Waals surface area contributed by atoms with Crippen molar-refractivity contribution >= 4 is 24.3 Å². The van der Waals surface area contributed by atoms with E-state index in [0.29, 0.717) is 0 Å². The Bertz CT molecular complexity index is 835. The maximum atomic E-state index is 13.5. The number of rotatable bonds is 7. The second-order valence-electron chi connectivity index (χ2n) is 5.69. The van der Waals surface area contributed by atoms with Crippen LogP contribution in [0.25, 0.3) is 10.8 Å². The van der Waals surface area contributed by atoms with Crippen molar-refractivity contribution in [2.24, 2.45) is 0 Å². The number of carbonyl (C=O) groups is 1. The third-order valence-electron chi connectivity index (χ3n) is 4.06. The van der Waals surface area contributed by atoms with Gasteiger partial charge in [-0.05, 0) is 36.3 Å². The normalized spacial score (nSPS) is 18.5. The van der Waals surface area contributed by atoms with Crippen LogP contribution in [0, 0.1) is 0 Å². The SMILES string of the molecule is CCOP(=O)(OCC)[C@H](c1ccc2ccccc2c1)C1C=CC(=O)O1. The van der Waals surface area contributed by atoms with Gasteiger partial charge in [0.25, 0.3) is 0 Å². The van der Waals surface area contributed by atoms with Gasteiger partial charge in [-0.25, -0.2) is 4.79 Å². The molecule has 1 aliphatic heterocycles. The molecule has 132 valence electrons. The minimum absolute atomic E-state index is 0.242. The van der Waals surface area contributed by atoms with E-state index in [1.165, 1.54) is 6.08 Å². The van der Waals surface area contributed by atoms with E-state index in [2.05, 4.69) is 0 Å². The number of benzene rings is 2. The summed E-state index contributed by atoms with van der Waals surface area (Å²) < 4.78 is 29.9. The number of fused-ring (bicyclic) bond motifs is 1. The summed E-state index contributed by atoms with van der Waals surface area (Å²) in [6.07, 6.45) is 2.28. The zero-order valence-corrected chi connectivity index (χ0v) is 15.1. The molecule has 6 heteroatoms. The van der Waals surface area contributed by atoms with E-state index in [1.807, 2.05) is 42.5 Å². The summed E-state index contributed by atoms with van der Waals surface area (Å²) in [5.41, 5.74) is 0.0491. The quantitative estimate of drug-likeness (QED) is 0.532. The molecule has 0 N–H and O–H groups in total. The van der Waals surface area contributed by atoms with E-state index in [0.717, 1.165) is 16.3 Å². The lowest BCUT2D eigenvalue weighted by atomic mass is 10.0. The van der Waals surface area contributed by atoms with Crippen molar-refractivity contribution < 1.29 is 23.1 Å². The smallest absolute Gasteiger partial charge is 0.342 e. The Morgan fingerprint density at radius 1 is 1.08 bits per heavy atom. The molecule has 1 heterocycles. The van der Waals surface area contributed by atoms with Crippen LogP contribution >= 0.6 is 7.60 Å². The van der Waals surface area contributed by atoms with Crippen molar-refractivity contribution in [1.29, 1.82) is 0 Å². The topological polar surface area (TPSA) is 61.8 Å². The molecule has 0 fully saturated rings. The van der Waals surface area contributed by atoms with Gasteiger partial charge in [-0.3, -0.25) is 4.57 Å². The number of hydrogen-bond donors (Lipinski definition) is 0. The molecule has 0 bridgehead atoms. The van der Waals surface area contributed by atoms with Gasteiger partial charge in [-0.2, -0.15) is 0 Å². The standard InChI is InChI=1S/C19H21O5P/c1-3-22-25(21,23-4-2)19(17-11-12-18(20)24-17)16-10-9-14-7-5-6-8-15(14)13-16/h5-13,17,19H,3-4H2,1-2H3/t17?,19-/m1/s1. The van der Waals surface area contributed by atoms with E-state index < -0.39 is 25.3 Å². The maximum Gasteiger partial charge on any atom is 0.342 e. The van der Waals surface area contributed by atoms with Crippen LogP contribution in [-0.4, -0.2) is 25.3 Å². The first-order chi connectivity index (χ1) is 12.1. The molecule has 0 radical (unpaired) electrons. The number of esters is 1. The fourth-order valence-corrected chi connectivity index (χ4v) is 5.22. The maximum absolute atomic E-state index is 13.5. The van der Waals surface area contributed by atoms with Gasteiger partial charge in [0.1, 0.15) is 11.8 Å². The molecular weight excluding hydrogens is 339 g/mol. The van der Waals surface area contributed by atoms with Crippen LogP contribution in [0.2, 0.25) is 0 Å². The predicted octanol–water partition coefficient (Wildman–Crippen LogP) is 4.63. The third kappa shape index (κ3) is 3.69. The molecule has 0 saturated heterocycles. The fourth-order valence-electron chi connectivity index (χ4n) is 3.06. The van der Waals surface area contributed by atoms with Crippen LogP contribution in [0.5, 0.6) is 0 Å². The number of carbonyl (C=O) groups excluding carboxylic acids is 1. The highest BCUT2D eigenvalue weighted by Crippen LogP contribution is 2.63. The molecule has 2 aromatic rings. The van der Waals surface area contributed by atoms with E-state index in [1.54, 1.807) is 19.9 Å². The Hall–Kier alpha value is -1.94. The Kier molecular flexibility index (Phi) is 5.38. The number of hydrogen-bond acceptors (Lipinski definition) is 5. The van der Waals surface area contributed by atoms with Crippen molar-refractivity contribution in [3.63, 3.8) is 0 Å². The van der Waals surface area contributed by atoms with E-state index in [9.17, 15) is 9.36 Å². The molecule has 0 aromatic heterocycles. The van der Waals surface area contributed by atoms with Gasteiger partial charge >= 0.3 is 13.6 Å². The lowest BCUT2D eigenvalue weighted by Gasteiger charge is -2.29. The van der Waals surface area contributed by atoms with Crippen molar-refractivity contribution in [3.8, 4) is 0 Å². The minimum Gasteiger partial charge on any atom is -0.454 e. The van der Waals surface area contributed by atoms with E-state index in [-0.39, 0.29) is 13.2 Å². The molecule has 0 amide bonds. The molecule has 1 unspecified atom stereocenters. The lowest BCUT2D eigenvalue weighted by Crippen LogP contribution is -2.21. The zero-order chi connectivity index (χ0) is 17.9. The van der Waals surface area contributed by atoms with Crippen LogP contribution in [0.4, 0.5) is 0 Å². The van der Waals surface area contributed by atoms with Gasteiger partial charge in [0.15, 0.2) is 0 Å². The third-order valence-corrected chi connectivity index (χ3v) is 6.57. The molecule has 5 nitrogen and oxygen atoms in total. The van der Waals surface area contributed by atoms with Crippen LogP contribution in [0.3, 0.4) is 0 Å². The fraction of sp³-hybridized carbons (Fsp3) is 0.316.